The van der Waals surface area contributed by atoms with E-state index in [0.29, 0.717) is 23.4 Å². The molecule has 0 aromatic heterocycles. The highest BCUT2D eigenvalue weighted by Gasteiger charge is 2.43. The number of allylic oxidation sites excluding steroid dienone is 1. The maximum Gasteiger partial charge on any atom is 0.336 e. The van der Waals surface area contributed by atoms with Gasteiger partial charge in [-0.3, -0.25) is 9.79 Å². The van der Waals surface area contributed by atoms with Crippen LogP contribution in [0.15, 0.2) is 75.8 Å². The van der Waals surface area contributed by atoms with Gasteiger partial charge in [-0.2, -0.15) is 0 Å². The topological polar surface area (TPSA) is 65.0 Å². The summed E-state index contributed by atoms with van der Waals surface area (Å²) in [6.07, 6.45) is 3.02. The molecule has 0 saturated heterocycles. The van der Waals surface area contributed by atoms with Gasteiger partial charge in [-0.25, -0.2) is 4.79 Å². The molecule has 0 spiro atoms. The maximum absolute atomic E-state index is 13.4. The van der Waals surface area contributed by atoms with Gasteiger partial charge in [0.2, 0.25) is 0 Å². The number of rotatable bonds is 10. The SMILES string of the molecule is CCOC(=O)C1=C(CCC(Br)c2ccccc2)N=C(C)C(C(=O)OC(C)C)C1c1cccc(SC)c1. The number of hydrogen-bond donors (Lipinski definition) is 0. The fraction of sp³-hybridized carbons (Fsp3) is 0.414. The number of benzene rings is 2. The number of aliphatic imine (C=N–C) groups is 1. The molecule has 36 heavy (non-hydrogen) atoms. The van der Waals surface area contributed by atoms with Crippen LogP contribution in [0.4, 0.5) is 0 Å². The molecular formula is C29H34BrNO4S. The average Bonchev–Trinajstić information content (AvgIpc) is 2.86. The van der Waals surface area contributed by atoms with Crippen LogP contribution in [-0.4, -0.2) is 36.6 Å². The van der Waals surface area contributed by atoms with Crippen LogP contribution in [0.3, 0.4) is 0 Å². The molecule has 3 atom stereocenters. The number of halogens is 1. The van der Waals surface area contributed by atoms with E-state index in [4.69, 9.17) is 14.5 Å². The maximum atomic E-state index is 13.4. The van der Waals surface area contributed by atoms with E-state index in [1.54, 1.807) is 18.7 Å². The molecule has 0 saturated carbocycles. The Bertz CT molecular complexity index is 1130. The van der Waals surface area contributed by atoms with Gasteiger partial charge in [0.05, 0.1) is 24.0 Å². The largest absolute Gasteiger partial charge is 0.463 e. The smallest absolute Gasteiger partial charge is 0.336 e. The molecule has 7 heteroatoms. The lowest BCUT2D eigenvalue weighted by Gasteiger charge is -2.33. The molecule has 2 aromatic rings. The molecule has 2 aromatic carbocycles. The Hall–Kier alpha value is -2.38. The second-order valence-corrected chi connectivity index (χ2v) is 11.0. The summed E-state index contributed by atoms with van der Waals surface area (Å²) in [5.41, 5.74) is 3.79. The van der Waals surface area contributed by atoms with Crippen molar-refractivity contribution in [1.29, 1.82) is 0 Å². The van der Waals surface area contributed by atoms with E-state index in [1.165, 1.54) is 0 Å². The van der Waals surface area contributed by atoms with Crippen molar-refractivity contribution in [3.05, 3.63) is 77.0 Å². The molecule has 0 fully saturated rings. The van der Waals surface area contributed by atoms with Crippen molar-refractivity contribution in [2.75, 3.05) is 12.9 Å². The molecule has 1 aliphatic heterocycles. The molecule has 5 nitrogen and oxygen atoms in total. The van der Waals surface area contributed by atoms with Gasteiger partial charge < -0.3 is 9.47 Å². The lowest BCUT2D eigenvalue weighted by molar-refractivity contribution is -0.150. The van der Waals surface area contributed by atoms with Crippen molar-refractivity contribution < 1.29 is 19.1 Å². The summed E-state index contributed by atoms with van der Waals surface area (Å²) in [5, 5.41) is 0. The Morgan fingerprint density at radius 1 is 1.11 bits per heavy atom. The minimum absolute atomic E-state index is 0.104. The first-order valence-corrected chi connectivity index (χ1v) is 14.4. The van der Waals surface area contributed by atoms with Gasteiger partial charge >= 0.3 is 11.9 Å². The van der Waals surface area contributed by atoms with Crippen molar-refractivity contribution >= 4 is 45.3 Å². The van der Waals surface area contributed by atoms with E-state index in [2.05, 4.69) is 28.1 Å². The zero-order valence-corrected chi connectivity index (χ0v) is 23.9. The van der Waals surface area contributed by atoms with Gasteiger partial charge in [0, 0.05) is 21.4 Å². The highest BCUT2D eigenvalue weighted by atomic mass is 79.9. The summed E-state index contributed by atoms with van der Waals surface area (Å²) in [5.74, 6) is -2.06. The van der Waals surface area contributed by atoms with E-state index in [0.717, 1.165) is 22.4 Å². The summed E-state index contributed by atoms with van der Waals surface area (Å²) in [6, 6.07) is 18.1. The van der Waals surface area contributed by atoms with Crippen LogP contribution in [0, 0.1) is 5.92 Å². The van der Waals surface area contributed by atoms with Crippen LogP contribution in [-0.2, 0) is 19.1 Å². The Balaban J connectivity index is 2.10. The highest BCUT2D eigenvalue weighted by Crippen LogP contribution is 2.43. The van der Waals surface area contributed by atoms with E-state index in [9.17, 15) is 9.59 Å². The van der Waals surface area contributed by atoms with E-state index in [-0.39, 0.29) is 23.5 Å². The first kappa shape index (κ1) is 28.2. The first-order chi connectivity index (χ1) is 17.3. The third kappa shape index (κ3) is 6.88. The number of nitrogens with zero attached hydrogens (tertiary/aromatic N) is 1. The second kappa shape index (κ2) is 13.2. The summed E-state index contributed by atoms with van der Waals surface area (Å²) < 4.78 is 11.2. The lowest BCUT2D eigenvalue weighted by atomic mass is 9.75. The van der Waals surface area contributed by atoms with Gasteiger partial charge in [0.1, 0.15) is 5.92 Å². The second-order valence-electron chi connectivity index (χ2n) is 8.97. The fourth-order valence-corrected chi connectivity index (χ4v) is 5.48. The summed E-state index contributed by atoms with van der Waals surface area (Å²) in [7, 11) is 0. The number of carbonyl (C=O) groups excluding carboxylic acids is 2. The Labute approximate surface area is 226 Å². The minimum Gasteiger partial charge on any atom is -0.463 e. The van der Waals surface area contributed by atoms with Crippen LogP contribution < -0.4 is 0 Å². The number of alkyl halides is 1. The van der Waals surface area contributed by atoms with Crippen LogP contribution in [0.5, 0.6) is 0 Å². The van der Waals surface area contributed by atoms with Crippen molar-refractivity contribution in [1.82, 2.24) is 0 Å². The number of hydrogen-bond acceptors (Lipinski definition) is 6. The Kier molecular flexibility index (Phi) is 10.4. The van der Waals surface area contributed by atoms with Crippen LogP contribution >= 0.6 is 27.7 Å². The minimum atomic E-state index is -0.707. The van der Waals surface area contributed by atoms with Crippen molar-refractivity contribution in [2.24, 2.45) is 10.9 Å². The molecule has 0 radical (unpaired) electrons. The average molecular weight is 573 g/mol. The van der Waals surface area contributed by atoms with Crippen LogP contribution in [0.2, 0.25) is 0 Å². The lowest BCUT2D eigenvalue weighted by Crippen LogP contribution is -2.37. The van der Waals surface area contributed by atoms with Gasteiger partial charge in [-0.1, -0.05) is 58.4 Å². The molecule has 3 rings (SSSR count). The monoisotopic (exact) mass is 571 g/mol. The van der Waals surface area contributed by atoms with E-state index >= 15 is 0 Å². The van der Waals surface area contributed by atoms with Gasteiger partial charge in [-0.05, 0) is 70.1 Å². The molecule has 0 N–H and O–H groups in total. The molecule has 0 bridgehead atoms. The number of carbonyl (C=O) groups is 2. The van der Waals surface area contributed by atoms with E-state index in [1.807, 2.05) is 69.5 Å². The summed E-state index contributed by atoms with van der Waals surface area (Å²) >= 11 is 5.41. The Morgan fingerprint density at radius 3 is 2.47 bits per heavy atom. The van der Waals surface area contributed by atoms with Gasteiger partial charge in [0.15, 0.2) is 0 Å². The zero-order chi connectivity index (χ0) is 26.2. The van der Waals surface area contributed by atoms with Crippen molar-refractivity contribution in [2.45, 2.75) is 62.3 Å². The predicted molar refractivity (Wildman–Crippen MR) is 150 cm³/mol. The first-order valence-electron chi connectivity index (χ1n) is 12.3. The van der Waals surface area contributed by atoms with Gasteiger partial charge in [0.25, 0.3) is 0 Å². The van der Waals surface area contributed by atoms with Crippen LogP contribution in [0.25, 0.3) is 0 Å². The number of ether oxygens (including phenoxy) is 2. The predicted octanol–water partition coefficient (Wildman–Crippen LogP) is 7.27. The molecule has 0 amide bonds. The Morgan fingerprint density at radius 2 is 1.83 bits per heavy atom. The summed E-state index contributed by atoms with van der Waals surface area (Å²) in [4.78, 5) is 32.8. The third-order valence-electron chi connectivity index (χ3n) is 6.07. The molecule has 1 aliphatic rings. The standard InChI is InChI=1S/C29H34BrNO4S/c1-6-34-28(32)27-24(16-15-23(30)20-11-8-7-9-12-20)31-19(4)25(29(33)35-18(2)3)26(27)21-13-10-14-22(17-21)36-5/h7-14,17-18,23,25-26H,6,15-16H2,1-5H3. The quantitative estimate of drug-likeness (QED) is 0.170. The van der Waals surface area contributed by atoms with Crippen molar-refractivity contribution in [3.8, 4) is 0 Å². The normalized spacial score (nSPS) is 18.6. The number of esters is 2. The fourth-order valence-electron chi connectivity index (χ4n) is 4.47. The molecule has 1 heterocycles. The zero-order valence-electron chi connectivity index (χ0n) is 21.5. The molecular weight excluding hydrogens is 538 g/mol. The number of thioether (sulfide) groups is 1. The molecule has 192 valence electrons. The third-order valence-corrected chi connectivity index (χ3v) is 7.78. The van der Waals surface area contributed by atoms with Gasteiger partial charge in [-0.15, -0.1) is 11.8 Å². The van der Waals surface area contributed by atoms with Crippen LogP contribution in [0.1, 0.15) is 62.4 Å². The van der Waals surface area contributed by atoms with Crippen molar-refractivity contribution in [3.63, 3.8) is 0 Å². The molecule has 0 aliphatic carbocycles. The summed E-state index contributed by atoms with van der Waals surface area (Å²) in [6.45, 7) is 7.52. The molecule has 3 unspecified atom stereocenters. The van der Waals surface area contributed by atoms with E-state index < -0.39 is 17.8 Å². The highest BCUT2D eigenvalue weighted by molar-refractivity contribution is 9.09.